The van der Waals surface area contributed by atoms with Crippen LogP contribution in [0.4, 0.5) is 0 Å². The zero-order valence-electron chi connectivity index (χ0n) is 6.36. The number of aromatic nitrogens is 1. The molecule has 0 amide bonds. The van der Waals surface area contributed by atoms with Crippen molar-refractivity contribution in [3.8, 4) is 0 Å². The highest BCUT2D eigenvalue weighted by Gasteiger charge is 2.12. The molecule has 2 heterocycles. The molecule has 1 N–H and O–H groups in total. The van der Waals surface area contributed by atoms with Gasteiger partial charge < -0.3 is 14.6 Å². The van der Waals surface area contributed by atoms with Gasteiger partial charge in [-0.05, 0) is 12.1 Å². The second-order valence-corrected chi connectivity index (χ2v) is 2.66. The highest BCUT2D eigenvalue weighted by molar-refractivity contribution is 4.92. The standard InChI is InChI=1S/C8H12N2O/c1-2-5-10(4-1)8-7-9-3-6-11-8/h1-2,4-5,8-9H,3,6-7H2. The van der Waals surface area contributed by atoms with Crippen molar-refractivity contribution >= 4 is 0 Å². The minimum absolute atomic E-state index is 0.193. The Bertz CT molecular complexity index is 202. The monoisotopic (exact) mass is 152 g/mol. The average molecular weight is 152 g/mol. The molecule has 0 saturated carbocycles. The third kappa shape index (κ3) is 1.44. The van der Waals surface area contributed by atoms with Crippen LogP contribution in [0, 0.1) is 0 Å². The van der Waals surface area contributed by atoms with Crippen LogP contribution >= 0.6 is 0 Å². The normalized spacial score (nSPS) is 25.3. The largest absolute Gasteiger partial charge is 0.355 e. The molecule has 1 fully saturated rings. The first-order valence-electron chi connectivity index (χ1n) is 3.91. The minimum atomic E-state index is 0.193. The topological polar surface area (TPSA) is 26.2 Å². The van der Waals surface area contributed by atoms with E-state index in [0.29, 0.717) is 0 Å². The van der Waals surface area contributed by atoms with E-state index in [-0.39, 0.29) is 6.23 Å². The predicted molar refractivity (Wildman–Crippen MR) is 42.3 cm³/mol. The Morgan fingerprint density at radius 2 is 2.18 bits per heavy atom. The first kappa shape index (κ1) is 6.88. The maximum atomic E-state index is 5.52. The Balaban J connectivity index is 2.04. The van der Waals surface area contributed by atoms with E-state index in [1.54, 1.807) is 0 Å². The molecular weight excluding hydrogens is 140 g/mol. The molecule has 0 aliphatic carbocycles. The van der Waals surface area contributed by atoms with E-state index in [4.69, 9.17) is 4.74 Å². The molecule has 0 radical (unpaired) electrons. The molecule has 1 aliphatic rings. The average Bonchev–Trinajstić information content (AvgIpc) is 2.58. The van der Waals surface area contributed by atoms with Crippen LogP contribution in [0.1, 0.15) is 6.23 Å². The van der Waals surface area contributed by atoms with Gasteiger partial charge in [0.2, 0.25) is 0 Å². The van der Waals surface area contributed by atoms with E-state index >= 15 is 0 Å². The molecule has 1 unspecified atom stereocenters. The van der Waals surface area contributed by atoms with Gasteiger partial charge in [-0.25, -0.2) is 0 Å². The van der Waals surface area contributed by atoms with Crippen LogP contribution in [0.15, 0.2) is 24.5 Å². The molecule has 1 saturated heterocycles. The lowest BCUT2D eigenvalue weighted by atomic mass is 10.4. The molecule has 1 aliphatic heterocycles. The molecule has 0 bridgehead atoms. The number of rotatable bonds is 1. The van der Waals surface area contributed by atoms with Gasteiger partial charge in [-0.2, -0.15) is 0 Å². The van der Waals surface area contributed by atoms with Crippen molar-refractivity contribution in [1.29, 1.82) is 0 Å². The lowest BCUT2D eigenvalue weighted by Gasteiger charge is -2.24. The van der Waals surface area contributed by atoms with Crippen molar-refractivity contribution in [2.45, 2.75) is 6.23 Å². The molecule has 2 rings (SSSR count). The summed E-state index contributed by atoms with van der Waals surface area (Å²) in [4.78, 5) is 0. The van der Waals surface area contributed by atoms with Gasteiger partial charge >= 0.3 is 0 Å². The first-order valence-corrected chi connectivity index (χ1v) is 3.91. The molecule has 3 nitrogen and oxygen atoms in total. The number of hydrogen-bond donors (Lipinski definition) is 1. The van der Waals surface area contributed by atoms with Crippen LogP contribution in [0.2, 0.25) is 0 Å². The Hall–Kier alpha value is -0.800. The van der Waals surface area contributed by atoms with Crippen molar-refractivity contribution < 1.29 is 4.74 Å². The number of hydrogen-bond acceptors (Lipinski definition) is 2. The van der Waals surface area contributed by atoms with Crippen LogP contribution in [-0.4, -0.2) is 24.3 Å². The first-order chi connectivity index (χ1) is 5.47. The Morgan fingerprint density at radius 1 is 1.36 bits per heavy atom. The second-order valence-electron chi connectivity index (χ2n) is 2.66. The van der Waals surface area contributed by atoms with Gasteiger partial charge in [-0.15, -0.1) is 0 Å². The summed E-state index contributed by atoms with van der Waals surface area (Å²) in [6, 6.07) is 4.02. The van der Waals surface area contributed by atoms with Crippen molar-refractivity contribution in [1.82, 2.24) is 9.88 Å². The van der Waals surface area contributed by atoms with Crippen molar-refractivity contribution in [2.24, 2.45) is 0 Å². The van der Waals surface area contributed by atoms with E-state index in [0.717, 1.165) is 19.7 Å². The van der Waals surface area contributed by atoms with E-state index in [9.17, 15) is 0 Å². The minimum Gasteiger partial charge on any atom is -0.355 e. The number of nitrogens with zero attached hydrogens (tertiary/aromatic N) is 1. The fourth-order valence-corrected chi connectivity index (χ4v) is 1.28. The van der Waals surface area contributed by atoms with E-state index in [2.05, 4.69) is 9.88 Å². The predicted octanol–water partition coefficient (Wildman–Crippen LogP) is 0.607. The van der Waals surface area contributed by atoms with Gasteiger partial charge in [-0.1, -0.05) is 0 Å². The number of ether oxygens (including phenoxy) is 1. The van der Waals surface area contributed by atoms with Crippen LogP contribution in [0.25, 0.3) is 0 Å². The Kier molecular flexibility index (Phi) is 1.92. The van der Waals surface area contributed by atoms with E-state index in [1.165, 1.54) is 0 Å². The highest BCUT2D eigenvalue weighted by Crippen LogP contribution is 2.09. The van der Waals surface area contributed by atoms with Crippen molar-refractivity contribution in [2.75, 3.05) is 19.7 Å². The lowest BCUT2D eigenvalue weighted by molar-refractivity contribution is -0.0192. The molecular formula is C8H12N2O. The van der Waals surface area contributed by atoms with E-state index < -0.39 is 0 Å². The molecule has 1 aromatic heterocycles. The summed E-state index contributed by atoms with van der Waals surface area (Å²) in [7, 11) is 0. The zero-order chi connectivity index (χ0) is 7.52. The fourth-order valence-electron chi connectivity index (χ4n) is 1.28. The lowest BCUT2D eigenvalue weighted by Crippen LogP contribution is -2.35. The molecule has 1 atom stereocenters. The molecule has 0 aromatic carbocycles. The van der Waals surface area contributed by atoms with Gasteiger partial charge in [-0.3, -0.25) is 0 Å². The molecule has 60 valence electrons. The summed E-state index contributed by atoms with van der Waals surface area (Å²) >= 11 is 0. The van der Waals surface area contributed by atoms with Crippen LogP contribution in [0.5, 0.6) is 0 Å². The van der Waals surface area contributed by atoms with Crippen LogP contribution in [-0.2, 0) is 4.74 Å². The summed E-state index contributed by atoms with van der Waals surface area (Å²) in [5, 5.41) is 3.28. The van der Waals surface area contributed by atoms with Gasteiger partial charge in [0.1, 0.15) is 6.23 Å². The summed E-state index contributed by atoms with van der Waals surface area (Å²) in [6.07, 6.45) is 4.24. The van der Waals surface area contributed by atoms with E-state index in [1.807, 2.05) is 24.5 Å². The smallest absolute Gasteiger partial charge is 0.146 e. The summed E-state index contributed by atoms with van der Waals surface area (Å²) in [5.74, 6) is 0. The third-order valence-electron chi connectivity index (χ3n) is 1.87. The second kappa shape index (κ2) is 3.07. The fraction of sp³-hybridized carbons (Fsp3) is 0.500. The molecule has 0 spiro atoms. The maximum absolute atomic E-state index is 5.52. The Morgan fingerprint density at radius 3 is 2.82 bits per heavy atom. The summed E-state index contributed by atoms with van der Waals surface area (Å²) < 4.78 is 7.60. The summed E-state index contributed by atoms with van der Waals surface area (Å²) in [6.45, 7) is 2.69. The van der Waals surface area contributed by atoms with Gasteiger partial charge in [0.05, 0.1) is 6.61 Å². The zero-order valence-corrected chi connectivity index (χ0v) is 6.36. The van der Waals surface area contributed by atoms with Gasteiger partial charge in [0, 0.05) is 25.5 Å². The third-order valence-corrected chi connectivity index (χ3v) is 1.87. The highest BCUT2D eigenvalue weighted by atomic mass is 16.5. The van der Waals surface area contributed by atoms with Gasteiger partial charge in [0.15, 0.2) is 0 Å². The summed E-state index contributed by atoms with van der Waals surface area (Å²) in [5.41, 5.74) is 0. The SMILES string of the molecule is c1ccn(C2CNCCO2)c1. The van der Waals surface area contributed by atoms with Gasteiger partial charge in [0.25, 0.3) is 0 Å². The van der Waals surface area contributed by atoms with Crippen molar-refractivity contribution in [3.63, 3.8) is 0 Å². The molecule has 3 heteroatoms. The number of nitrogens with one attached hydrogen (secondary N) is 1. The molecule has 11 heavy (non-hydrogen) atoms. The molecule has 1 aromatic rings. The number of morpholine rings is 1. The van der Waals surface area contributed by atoms with Crippen LogP contribution < -0.4 is 5.32 Å². The Labute approximate surface area is 66.0 Å². The van der Waals surface area contributed by atoms with Crippen molar-refractivity contribution in [3.05, 3.63) is 24.5 Å². The quantitative estimate of drug-likeness (QED) is 0.638. The maximum Gasteiger partial charge on any atom is 0.146 e. The van der Waals surface area contributed by atoms with Crippen LogP contribution in [0.3, 0.4) is 0 Å².